The van der Waals surface area contributed by atoms with Gasteiger partial charge in [-0.05, 0) is 17.7 Å². The molecule has 0 spiro atoms. The first-order valence-electron chi connectivity index (χ1n) is 3.37. The molecule has 0 bridgehead atoms. The summed E-state index contributed by atoms with van der Waals surface area (Å²) >= 11 is 0. The van der Waals surface area contributed by atoms with Gasteiger partial charge in [0.2, 0.25) is 0 Å². The van der Waals surface area contributed by atoms with Crippen LogP contribution in [0.2, 0.25) is 0 Å². The average molecular weight is 132 g/mol. The van der Waals surface area contributed by atoms with Crippen LogP contribution in [-0.4, -0.2) is 11.3 Å². The minimum atomic E-state index is 0.620. The molecule has 0 nitrogen and oxygen atoms in total. The molecule has 0 aromatic rings. The minimum Gasteiger partial charge on any atom is -0.117 e. The van der Waals surface area contributed by atoms with E-state index in [0.717, 1.165) is 8.58 Å². The topological polar surface area (TPSA) is 0 Å². The molecule has 8 heavy (non-hydrogen) atoms. The Kier molecular flexibility index (Phi) is 3.64. The van der Waals surface area contributed by atoms with Gasteiger partial charge < -0.3 is 0 Å². The van der Waals surface area contributed by atoms with Crippen LogP contribution in [0.15, 0.2) is 0 Å². The third-order valence-corrected chi connectivity index (χ3v) is 3.20. The van der Waals surface area contributed by atoms with E-state index >= 15 is 0 Å². The highest BCUT2D eigenvalue weighted by atomic mass is 31.1. The van der Waals surface area contributed by atoms with Crippen molar-refractivity contribution in [2.24, 2.45) is 0 Å². The summed E-state index contributed by atoms with van der Waals surface area (Å²) in [5.41, 5.74) is 0. The van der Waals surface area contributed by atoms with Crippen molar-refractivity contribution in [1.82, 2.24) is 0 Å². The van der Waals surface area contributed by atoms with E-state index < -0.39 is 0 Å². The monoisotopic (exact) mass is 132 g/mol. The van der Waals surface area contributed by atoms with Gasteiger partial charge in [0.1, 0.15) is 0 Å². The van der Waals surface area contributed by atoms with E-state index in [2.05, 4.69) is 27.7 Å². The Labute approximate surface area is 54.8 Å². The predicted octanol–water partition coefficient (Wildman–Crippen LogP) is 2.87. The standard InChI is InChI=1S/C7H17P/c1-5-7(3,4)8-6-2/h8H,5-6H2,1-4H3. The summed E-state index contributed by atoms with van der Waals surface area (Å²) in [6.45, 7) is 9.21. The molecule has 0 rings (SSSR count). The molecule has 0 saturated heterocycles. The minimum absolute atomic E-state index is 0.620. The smallest absolute Gasteiger partial charge is 0.0181 e. The van der Waals surface area contributed by atoms with Crippen molar-refractivity contribution >= 4 is 8.58 Å². The van der Waals surface area contributed by atoms with Crippen molar-refractivity contribution < 1.29 is 0 Å². The summed E-state index contributed by atoms with van der Waals surface area (Å²) in [5, 5.41) is 0.620. The van der Waals surface area contributed by atoms with Gasteiger partial charge in [0.25, 0.3) is 0 Å². The van der Waals surface area contributed by atoms with Gasteiger partial charge in [-0.3, -0.25) is 0 Å². The molecule has 0 radical (unpaired) electrons. The molecule has 50 valence electrons. The van der Waals surface area contributed by atoms with Gasteiger partial charge in [-0.25, -0.2) is 0 Å². The highest BCUT2D eigenvalue weighted by Crippen LogP contribution is 2.32. The Bertz CT molecular complexity index is 57.4. The van der Waals surface area contributed by atoms with Crippen molar-refractivity contribution in [3.8, 4) is 0 Å². The number of rotatable bonds is 3. The van der Waals surface area contributed by atoms with E-state index in [1.54, 1.807) is 0 Å². The van der Waals surface area contributed by atoms with Gasteiger partial charge in [0.15, 0.2) is 0 Å². The quantitative estimate of drug-likeness (QED) is 0.518. The Hall–Kier alpha value is 0.430. The fourth-order valence-electron chi connectivity index (χ4n) is 0.604. The number of hydrogen-bond donors (Lipinski definition) is 0. The molecular weight excluding hydrogens is 115 g/mol. The largest absolute Gasteiger partial charge is 0.117 e. The molecule has 1 heteroatoms. The first-order chi connectivity index (χ1) is 3.62. The molecule has 0 saturated carbocycles. The van der Waals surface area contributed by atoms with Gasteiger partial charge in [0.05, 0.1) is 0 Å². The molecule has 0 fully saturated rings. The fourth-order valence-corrected chi connectivity index (χ4v) is 1.81. The summed E-state index contributed by atoms with van der Waals surface area (Å²) in [4.78, 5) is 0. The van der Waals surface area contributed by atoms with Gasteiger partial charge in [-0.1, -0.05) is 27.7 Å². The Morgan fingerprint density at radius 2 is 1.75 bits per heavy atom. The van der Waals surface area contributed by atoms with Crippen LogP contribution in [0.1, 0.15) is 34.1 Å². The van der Waals surface area contributed by atoms with Gasteiger partial charge in [0, 0.05) is 0 Å². The molecule has 0 aromatic heterocycles. The second kappa shape index (κ2) is 3.45. The summed E-state index contributed by atoms with van der Waals surface area (Å²) in [7, 11) is 1.14. The Balaban J connectivity index is 3.37. The highest BCUT2D eigenvalue weighted by Gasteiger charge is 2.11. The first-order valence-corrected chi connectivity index (χ1v) is 4.58. The lowest BCUT2D eigenvalue weighted by molar-refractivity contribution is 0.677. The number of hydrogen-bond acceptors (Lipinski definition) is 0. The third-order valence-electron chi connectivity index (χ3n) is 1.54. The van der Waals surface area contributed by atoms with Crippen LogP contribution in [-0.2, 0) is 0 Å². The molecule has 1 unspecified atom stereocenters. The van der Waals surface area contributed by atoms with Crippen LogP contribution in [0, 0.1) is 0 Å². The summed E-state index contributed by atoms with van der Waals surface area (Å²) in [6, 6.07) is 0. The van der Waals surface area contributed by atoms with Gasteiger partial charge in [-0.2, -0.15) is 0 Å². The van der Waals surface area contributed by atoms with Crippen molar-refractivity contribution in [3.05, 3.63) is 0 Å². The van der Waals surface area contributed by atoms with Crippen LogP contribution in [0.5, 0.6) is 0 Å². The van der Waals surface area contributed by atoms with Crippen molar-refractivity contribution in [3.63, 3.8) is 0 Å². The van der Waals surface area contributed by atoms with Crippen molar-refractivity contribution in [2.45, 2.75) is 39.3 Å². The van der Waals surface area contributed by atoms with Gasteiger partial charge in [-0.15, -0.1) is 8.58 Å². The lowest BCUT2D eigenvalue weighted by atomic mass is 10.1. The average Bonchev–Trinajstić information content (AvgIpc) is 1.67. The van der Waals surface area contributed by atoms with Crippen LogP contribution in [0.25, 0.3) is 0 Å². The summed E-state index contributed by atoms with van der Waals surface area (Å²) < 4.78 is 0. The van der Waals surface area contributed by atoms with E-state index in [1.165, 1.54) is 12.6 Å². The molecule has 1 atom stereocenters. The first kappa shape index (κ1) is 8.43. The summed E-state index contributed by atoms with van der Waals surface area (Å²) in [5.74, 6) is 0. The second-order valence-electron chi connectivity index (χ2n) is 2.77. The molecule has 0 aromatic carbocycles. The van der Waals surface area contributed by atoms with Crippen molar-refractivity contribution in [1.29, 1.82) is 0 Å². The van der Waals surface area contributed by atoms with Crippen molar-refractivity contribution in [2.75, 3.05) is 6.16 Å². The molecule has 0 aliphatic heterocycles. The van der Waals surface area contributed by atoms with Gasteiger partial charge >= 0.3 is 0 Å². The van der Waals surface area contributed by atoms with Crippen LogP contribution in [0.3, 0.4) is 0 Å². The predicted molar refractivity (Wildman–Crippen MR) is 43.2 cm³/mol. The molecule has 0 N–H and O–H groups in total. The van der Waals surface area contributed by atoms with E-state index in [-0.39, 0.29) is 0 Å². The van der Waals surface area contributed by atoms with Crippen LogP contribution < -0.4 is 0 Å². The molecule has 0 heterocycles. The van der Waals surface area contributed by atoms with Crippen LogP contribution in [0.4, 0.5) is 0 Å². The maximum atomic E-state index is 2.34. The third kappa shape index (κ3) is 3.43. The molecule has 0 amide bonds. The zero-order chi connectivity index (χ0) is 6.62. The second-order valence-corrected chi connectivity index (χ2v) is 5.18. The highest BCUT2D eigenvalue weighted by molar-refractivity contribution is 7.39. The maximum absolute atomic E-state index is 2.34. The summed E-state index contributed by atoms with van der Waals surface area (Å²) in [6.07, 6.45) is 2.67. The molecule has 0 aliphatic carbocycles. The molecular formula is C7H17P. The Morgan fingerprint density at radius 3 is 1.88 bits per heavy atom. The zero-order valence-electron chi connectivity index (χ0n) is 6.41. The van der Waals surface area contributed by atoms with E-state index in [0.29, 0.717) is 5.16 Å². The maximum Gasteiger partial charge on any atom is -0.0181 e. The zero-order valence-corrected chi connectivity index (χ0v) is 7.41. The van der Waals surface area contributed by atoms with E-state index in [9.17, 15) is 0 Å². The lowest BCUT2D eigenvalue weighted by Gasteiger charge is -2.20. The molecule has 0 aliphatic rings. The fraction of sp³-hybridized carbons (Fsp3) is 1.00. The Morgan fingerprint density at radius 1 is 1.25 bits per heavy atom. The normalized spacial score (nSPS) is 13.5. The van der Waals surface area contributed by atoms with Crippen LogP contribution >= 0.6 is 8.58 Å². The van der Waals surface area contributed by atoms with E-state index in [4.69, 9.17) is 0 Å². The SMILES string of the molecule is CCPC(C)(C)CC. The van der Waals surface area contributed by atoms with E-state index in [1.807, 2.05) is 0 Å². The lowest BCUT2D eigenvalue weighted by Crippen LogP contribution is -2.10.